The Hall–Kier alpha value is -3.00. The highest BCUT2D eigenvalue weighted by atomic mass is 32.2. The number of aromatic nitrogens is 4. The number of rotatable bonds is 7. The van der Waals surface area contributed by atoms with Gasteiger partial charge in [-0.3, -0.25) is 9.78 Å². The van der Waals surface area contributed by atoms with E-state index in [1.54, 1.807) is 12.4 Å². The highest BCUT2D eigenvalue weighted by molar-refractivity contribution is 7.99. The van der Waals surface area contributed by atoms with Gasteiger partial charge in [-0.15, -0.1) is 10.2 Å². The number of hydrazone groups is 1. The molecule has 1 N–H and O–H groups in total. The third kappa shape index (κ3) is 4.79. The van der Waals surface area contributed by atoms with Crippen molar-refractivity contribution in [3.63, 3.8) is 0 Å². The lowest BCUT2D eigenvalue weighted by molar-refractivity contribution is -0.118. The molecule has 0 unspecified atom stereocenters. The summed E-state index contributed by atoms with van der Waals surface area (Å²) >= 11 is 1.34. The number of amides is 1. The summed E-state index contributed by atoms with van der Waals surface area (Å²) in [5.74, 6) is 0.804. The second-order valence-corrected chi connectivity index (χ2v) is 6.62. The Kier molecular flexibility index (Phi) is 6.32. The number of thioether (sulfide) groups is 1. The van der Waals surface area contributed by atoms with E-state index < -0.39 is 0 Å². The van der Waals surface area contributed by atoms with Gasteiger partial charge in [0.15, 0.2) is 11.0 Å². The molecule has 0 spiro atoms. The zero-order chi connectivity index (χ0) is 19.1. The normalized spacial score (nSPS) is 11.4. The molecule has 0 saturated heterocycles. The number of pyridine rings is 1. The molecule has 3 aromatic rings. The van der Waals surface area contributed by atoms with E-state index in [0.717, 1.165) is 23.5 Å². The molecule has 1 amide bonds. The van der Waals surface area contributed by atoms with Crippen LogP contribution in [0.1, 0.15) is 19.4 Å². The third-order valence-corrected chi connectivity index (χ3v) is 4.79. The number of benzene rings is 1. The predicted octanol–water partition coefficient (Wildman–Crippen LogP) is 2.99. The van der Waals surface area contributed by atoms with E-state index in [4.69, 9.17) is 0 Å². The van der Waals surface area contributed by atoms with Crippen LogP contribution in [0.3, 0.4) is 0 Å². The van der Waals surface area contributed by atoms with E-state index in [2.05, 4.69) is 25.7 Å². The van der Waals surface area contributed by atoms with Crippen molar-refractivity contribution in [1.29, 1.82) is 0 Å². The summed E-state index contributed by atoms with van der Waals surface area (Å²) in [5.41, 5.74) is 5.13. The molecule has 0 radical (unpaired) electrons. The summed E-state index contributed by atoms with van der Waals surface area (Å²) in [6.45, 7) is 4.57. The van der Waals surface area contributed by atoms with Crippen molar-refractivity contribution in [2.24, 2.45) is 5.10 Å². The first-order chi connectivity index (χ1) is 13.2. The molecular weight excluding hydrogens is 360 g/mol. The lowest BCUT2D eigenvalue weighted by Crippen LogP contribution is -2.21. The van der Waals surface area contributed by atoms with Crippen molar-refractivity contribution in [3.8, 4) is 11.4 Å². The minimum Gasteiger partial charge on any atom is -0.302 e. The van der Waals surface area contributed by atoms with Gasteiger partial charge in [0.25, 0.3) is 5.91 Å². The molecule has 0 saturated carbocycles. The lowest BCUT2D eigenvalue weighted by atomic mass is 10.2. The lowest BCUT2D eigenvalue weighted by Gasteiger charge is -2.07. The number of hydrogen-bond donors (Lipinski definition) is 1. The number of nitrogens with zero attached hydrogens (tertiary/aromatic N) is 5. The summed E-state index contributed by atoms with van der Waals surface area (Å²) < 4.78 is 2.00. The molecule has 0 bridgehead atoms. The molecule has 7 nitrogen and oxygen atoms in total. The van der Waals surface area contributed by atoms with Gasteiger partial charge in [-0.2, -0.15) is 5.10 Å². The zero-order valence-electron chi connectivity index (χ0n) is 15.2. The smallest absolute Gasteiger partial charge is 0.250 e. The molecule has 0 fully saturated rings. The topological polar surface area (TPSA) is 85.1 Å². The van der Waals surface area contributed by atoms with Crippen LogP contribution in [-0.2, 0) is 11.3 Å². The SMILES string of the molecule is CCn1c(SCC(=O)N/N=C(\C)c2cccnc2)nnc1-c1ccccc1. The molecule has 2 heterocycles. The Labute approximate surface area is 161 Å². The van der Waals surface area contributed by atoms with Crippen molar-refractivity contribution in [2.45, 2.75) is 25.5 Å². The van der Waals surface area contributed by atoms with E-state index in [0.29, 0.717) is 10.9 Å². The monoisotopic (exact) mass is 380 g/mol. The highest BCUT2D eigenvalue weighted by Crippen LogP contribution is 2.23. The Morgan fingerprint density at radius 1 is 1.19 bits per heavy atom. The molecule has 138 valence electrons. The first-order valence-corrected chi connectivity index (χ1v) is 9.52. The minimum atomic E-state index is -0.199. The maximum Gasteiger partial charge on any atom is 0.250 e. The summed E-state index contributed by atoms with van der Waals surface area (Å²) in [7, 11) is 0. The van der Waals surface area contributed by atoms with Gasteiger partial charge in [-0.25, -0.2) is 5.43 Å². The molecule has 0 aliphatic rings. The molecule has 27 heavy (non-hydrogen) atoms. The predicted molar refractivity (Wildman–Crippen MR) is 106 cm³/mol. The van der Waals surface area contributed by atoms with Crippen LogP contribution in [-0.4, -0.2) is 37.1 Å². The van der Waals surface area contributed by atoms with Crippen LogP contribution in [0.25, 0.3) is 11.4 Å². The Balaban J connectivity index is 1.62. The quantitative estimate of drug-likeness (QED) is 0.387. The second kappa shape index (κ2) is 9.09. The fraction of sp³-hybridized carbons (Fsp3) is 0.211. The third-order valence-electron chi connectivity index (χ3n) is 3.83. The van der Waals surface area contributed by atoms with E-state index in [-0.39, 0.29) is 11.7 Å². The van der Waals surface area contributed by atoms with Crippen LogP contribution in [0.15, 0.2) is 65.1 Å². The van der Waals surface area contributed by atoms with Crippen molar-refractivity contribution in [1.82, 2.24) is 25.2 Å². The summed E-state index contributed by atoms with van der Waals surface area (Å²) in [4.78, 5) is 16.2. The molecular formula is C19H20N6OS. The molecule has 3 rings (SSSR count). The Bertz CT molecular complexity index is 924. The summed E-state index contributed by atoms with van der Waals surface area (Å²) in [6.07, 6.45) is 3.40. The van der Waals surface area contributed by atoms with E-state index in [9.17, 15) is 4.79 Å². The number of carbonyl (C=O) groups excluding carboxylic acids is 1. The van der Waals surface area contributed by atoms with Crippen LogP contribution in [0.5, 0.6) is 0 Å². The van der Waals surface area contributed by atoms with Crippen molar-refractivity contribution in [3.05, 3.63) is 60.4 Å². The first kappa shape index (κ1) is 18.8. The van der Waals surface area contributed by atoms with Crippen molar-refractivity contribution >= 4 is 23.4 Å². The first-order valence-electron chi connectivity index (χ1n) is 8.54. The van der Waals surface area contributed by atoms with E-state index >= 15 is 0 Å². The largest absolute Gasteiger partial charge is 0.302 e. The number of carbonyl (C=O) groups is 1. The second-order valence-electron chi connectivity index (χ2n) is 5.68. The van der Waals surface area contributed by atoms with E-state index in [1.807, 2.05) is 60.9 Å². The summed E-state index contributed by atoms with van der Waals surface area (Å²) in [5, 5.41) is 13.3. The summed E-state index contributed by atoms with van der Waals surface area (Å²) in [6, 6.07) is 13.6. The Morgan fingerprint density at radius 2 is 2.00 bits per heavy atom. The fourth-order valence-corrected chi connectivity index (χ4v) is 3.23. The van der Waals surface area contributed by atoms with Gasteiger partial charge in [-0.1, -0.05) is 48.2 Å². The molecule has 0 atom stereocenters. The van der Waals surface area contributed by atoms with Crippen LogP contribution < -0.4 is 5.43 Å². The zero-order valence-corrected chi connectivity index (χ0v) is 16.0. The molecule has 2 aromatic heterocycles. The van der Waals surface area contributed by atoms with E-state index in [1.165, 1.54) is 11.8 Å². The maximum atomic E-state index is 12.1. The number of hydrogen-bond acceptors (Lipinski definition) is 6. The minimum absolute atomic E-state index is 0.199. The van der Waals surface area contributed by atoms with Crippen molar-refractivity contribution in [2.75, 3.05) is 5.75 Å². The molecule has 8 heteroatoms. The highest BCUT2D eigenvalue weighted by Gasteiger charge is 2.14. The molecule has 0 aliphatic carbocycles. The van der Waals surface area contributed by atoms with Gasteiger partial charge in [0.05, 0.1) is 11.5 Å². The van der Waals surface area contributed by atoms with Crippen LogP contribution in [0.2, 0.25) is 0 Å². The van der Waals surface area contributed by atoms with Gasteiger partial charge in [0.1, 0.15) is 0 Å². The standard InChI is InChI=1S/C19H20N6OS/c1-3-25-18(15-8-5-4-6-9-15)23-24-19(25)27-13-17(26)22-21-14(2)16-10-7-11-20-12-16/h4-12H,3,13H2,1-2H3,(H,22,26)/b21-14+. The van der Waals surface area contributed by atoms with Crippen LogP contribution in [0.4, 0.5) is 0 Å². The Morgan fingerprint density at radius 3 is 2.70 bits per heavy atom. The van der Waals surface area contributed by atoms with Gasteiger partial charge in [-0.05, 0) is 19.9 Å². The fourth-order valence-electron chi connectivity index (χ4n) is 2.43. The number of nitrogens with one attached hydrogen (secondary N) is 1. The molecule has 0 aliphatic heterocycles. The average molecular weight is 380 g/mol. The van der Waals surface area contributed by atoms with Gasteiger partial charge in [0, 0.05) is 30.1 Å². The molecule has 1 aromatic carbocycles. The van der Waals surface area contributed by atoms with Crippen molar-refractivity contribution < 1.29 is 4.79 Å². The van der Waals surface area contributed by atoms with Gasteiger partial charge < -0.3 is 4.57 Å². The van der Waals surface area contributed by atoms with Crippen LogP contribution >= 0.6 is 11.8 Å². The van der Waals surface area contributed by atoms with Gasteiger partial charge in [0.2, 0.25) is 0 Å². The maximum absolute atomic E-state index is 12.1. The van der Waals surface area contributed by atoms with Crippen LogP contribution in [0, 0.1) is 0 Å². The average Bonchev–Trinajstić information content (AvgIpc) is 3.14. The van der Waals surface area contributed by atoms with Gasteiger partial charge >= 0.3 is 0 Å².